The van der Waals surface area contributed by atoms with Crippen LogP contribution in [0.25, 0.3) is 27.2 Å². The van der Waals surface area contributed by atoms with Crippen LogP contribution in [-0.2, 0) is 5.41 Å². The number of aromatic nitrogens is 1. The minimum Gasteiger partial charge on any atom is -0.310 e. The van der Waals surface area contributed by atoms with Crippen LogP contribution < -0.4 is 4.90 Å². The molecule has 6 aromatic rings. The van der Waals surface area contributed by atoms with E-state index in [1.165, 1.54) is 39.6 Å². The van der Waals surface area contributed by atoms with Gasteiger partial charge in [-0.15, -0.1) is 0 Å². The molecule has 4 nitrogen and oxygen atoms in total. The molecule has 0 saturated carbocycles. The molecule has 0 unspecified atom stereocenters. The van der Waals surface area contributed by atoms with Crippen LogP contribution in [0.3, 0.4) is 0 Å². The fraction of sp³-hybridized carbons (Fsp3) is 0.0263. The molecule has 1 spiro atoms. The Bertz CT molecular complexity index is 2030. The third-order valence-electron chi connectivity index (χ3n) is 8.57. The van der Waals surface area contributed by atoms with Gasteiger partial charge in [-0.05, 0) is 69.3 Å². The number of pyridine rings is 1. The van der Waals surface area contributed by atoms with E-state index in [-0.39, 0.29) is 0 Å². The SMILES string of the molecule is [C-]#[N+]c1cc(C#N)cnc1-c1ccc(N2c3ccccc3C3(c4ccccc4-c4ccccc43)c3ccccc32)cc1. The third-order valence-corrected chi connectivity index (χ3v) is 8.57. The fourth-order valence-electron chi connectivity index (χ4n) is 6.93. The molecule has 1 aliphatic carbocycles. The maximum absolute atomic E-state index is 9.25. The van der Waals surface area contributed by atoms with Crippen molar-refractivity contribution >= 4 is 22.7 Å². The summed E-state index contributed by atoms with van der Waals surface area (Å²) in [4.78, 5) is 10.4. The Hall–Kier alpha value is -5.97. The number of nitriles is 1. The van der Waals surface area contributed by atoms with Gasteiger partial charge >= 0.3 is 0 Å². The maximum atomic E-state index is 9.25. The van der Waals surface area contributed by atoms with E-state index in [2.05, 4.69) is 130 Å². The zero-order chi connectivity index (χ0) is 28.3. The van der Waals surface area contributed by atoms with Gasteiger partial charge in [0.1, 0.15) is 0 Å². The topological polar surface area (TPSA) is 44.3 Å². The van der Waals surface area contributed by atoms with Gasteiger partial charge in [0.2, 0.25) is 5.69 Å². The summed E-state index contributed by atoms with van der Waals surface area (Å²) in [6.07, 6.45) is 1.52. The minimum absolute atomic E-state index is 0.371. The molecule has 0 saturated heterocycles. The molecule has 0 radical (unpaired) electrons. The third kappa shape index (κ3) is 3.12. The molecule has 0 amide bonds. The van der Waals surface area contributed by atoms with E-state index < -0.39 is 5.41 Å². The Morgan fingerprint density at radius 3 is 1.74 bits per heavy atom. The molecule has 0 fully saturated rings. The molecule has 8 rings (SSSR count). The maximum Gasteiger partial charge on any atom is 0.214 e. The number of hydrogen-bond acceptors (Lipinski definition) is 3. The molecule has 2 heterocycles. The monoisotopic (exact) mass is 534 g/mol. The molecule has 1 aliphatic heterocycles. The molecule has 0 N–H and O–H groups in total. The molecule has 5 aromatic carbocycles. The van der Waals surface area contributed by atoms with Gasteiger partial charge in [-0.25, -0.2) is 4.85 Å². The summed E-state index contributed by atoms with van der Waals surface area (Å²) in [7, 11) is 0. The Kier molecular flexibility index (Phi) is 5.13. The molecule has 1 aromatic heterocycles. The molecule has 2 aliphatic rings. The molecular formula is C38H22N4. The molecule has 4 heteroatoms. The summed E-state index contributed by atoms with van der Waals surface area (Å²) in [5.74, 6) is 0. The number of anilines is 3. The lowest BCUT2D eigenvalue weighted by Gasteiger charge is -2.45. The highest BCUT2D eigenvalue weighted by atomic mass is 15.2. The lowest BCUT2D eigenvalue weighted by Crippen LogP contribution is -2.36. The van der Waals surface area contributed by atoms with Crippen LogP contribution >= 0.6 is 0 Å². The number of benzene rings is 5. The summed E-state index contributed by atoms with van der Waals surface area (Å²) in [6.45, 7) is 7.62. The number of para-hydroxylation sites is 2. The van der Waals surface area contributed by atoms with Gasteiger partial charge in [0.15, 0.2) is 0 Å². The number of hydrogen-bond donors (Lipinski definition) is 0. The average Bonchev–Trinajstić information content (AvgIpc) is 3.36. The second kappa shape index (κ2) is 9.03. The smallest absolute Gasteiger partial charge is 0.214 e. The van der Waals surface area contributed by atoms with Crippen molar-refractivity contribution in [1.29, 1.82) is 5.26 Å². The van der Waals surface area contributed by atoms with E-state index in [4.69, 9.17) is 6.57 Å². The Labute approximate surface area is 244 Å². The van der Waals surface area contributed by atoms with E-state index >= 15 is 0 Å². The van der Waals surface area contributed by atoms with Gasteiger partial charge in [-0.1, -0.05) is 97.1 Å². The number of fused-ring (bicyclic) bond motifs is 9. The second-order valence-corrected chi connectivity index (χ2v) is 10.6. The average molecular weight is 535 g/mol. The summed E-state index contributed by atoms with van der Waals surface area (Å²) >= 11 is 0. The van der Waals surface area contributed by atoms with Crippen LogP contribution in [0.5, 0.6) is 0 Å². The summed E-state index contributed by atoms with van der Waals surface area (Å²) in [5.41, 5.74) is 12.7. The van der Waals surface area contributed by atoms with Crippen molar-refractivity contribution in [3.8, 4) is 28.5 Å². The fourth-order valence-corrected chi connectivity index (χ4v) is 6.93. The minimum atomic E-state index is -0.437. The van der Waals surface area contributed by atoms with Gasteiger partial charge in [0, 0.05) is 11.9 Å². The quantitative estimate of drug-likeness (QED) is 0.208. The van der Waals surface area contributed by atoms with Crippen LogP contribution in [0, 0.1) is 17.9 Å². The first-order chi connectivity index (χ1) is 20.8. The van der Waals surface area contributed by atoms with E-state index in [9.17, 15) is 5.26 Å². The zero-order valence-corrected chi connectivity index (χ0v) is 22.5. The van der Waals surface area contributed by atoms with Crippen molar-refractivity contribution in [2.45, 2.75) is 5.41 Å². The molecule has 42 heavy (non-hydrogen) atoms. The van der Waals surface area contributed by atoms with Crippen LogP contribution in [0.15, 0.2) is 134 Å². The second-order valence-electron chi connectivity index (χ2n) is 10.6. The lowest BCUT2D eigenvalue weighted by molar-refractivity contribution is 0.752. The Morgan fingerprint density at radius 2 is 1.19 bits per heavy atom. The zero-order valence-electron chi connectivity index (χ0n) is 22.5. The first-order valence-electron chi connectivity index (χ1n) is 13.8. The number of nitrogens with zero attached hydrogens (tertiary/aromatic N) is 4. The molecule has 194 valence electrons. The standard InChI is InChI=1S/C38H22N4/c1-40-34-22-25(23-39)24-41-37(34)26-18-20-27(21-19-26)42-35-16-8-6-14-32(35)38(33-15-7-9-17-36(33)42)30-12-4-2-10-28(30)29-11-3-5-13-31(29)38/h2-22,24H. The highest BCUT2D eigenvalue weighted by Crippen LogP contribution is 2.63. The first kappa shape index (κ1) is 23.9. The van der Waals surface area contributed by atoms with Gasteiger partial charge < -0.3 is 4.90 Å². The lowest BCUT2D eigenvalue weighted by atomic mass is 9.64. The van der Waals surface area contributed by atoms with Crippen molar-refractivity contribution in [1.82, 2.24) is 4.98 Å². The van der Waals surface area contributed by atoms with E-state index in [1.807, 2.05) is 12.1 Å². The largest absolute Gasteiger partial charge is 0.310 e. The van der Waals surface area contributed by atoms with E-state index in [1.54, 1.807) is 6.07 Å². The van der Waals surface area contributed by atoms with Crippen molar-refractivity contribution in [2.75, 3.05) is 4.90 Å². The van der Waals surface area contributed by atoms with Crippen LogP contribution in [0.1, 0.15) is 27.8 Å². The first-order valence-corrected chi connectivity index (χ1v) is 13.8. The Morgan fingerprint density at radius 1 is 0.667 bits per heavy atom. The normalized spacial score (nSPS) is 13.3. The molecular weight excluding hydrogens is 512 g/mol. The van der Waals surface area contributed by atoms with Crippen LogP contribution in [0.2, 0.25) is 0 Å². The Balaban J connectivity index is 1.35. The molecule has 0 atom stereocenters. The highest BCUT2D eigenvalue weighted by Gasteiger charge is 2.51. The van der Waals surface area contributed by atoms with Gasteiger partial charge in [0.25, 0.3) is 0 Å². The van der Waals surface area contributed by atoms with Crippen molar-refractivity contribution < 1.29 is 0 Å². The van der Waals surface area contributed by atoms with Crippen LogP contribution in [-0.4, -0.2) is 4.98 Å². The van der Waals surface area contributed by atoms with Gasteiger partial charge in [0.05, 0.1) is 40.7 Å². The summed E-state index contributed by atoms with van der Waals surface area (Å²) < 4.78 is 0. The predicted molar refractivity (Wildman–Crippen MR) is 166 cm³/mol. The van der Waals surface area contributed by atoms with E-state index in [0.717, 1.165) is 22.6 Å². The predicted octanol–water partition coefficient (Wildman–Crippen LogP) is 9.32. The molecule has 0 bridgehead atoms. The number of rotatable bonds is 2. The van der Waals surface area contributed by atoms with Crippen molar-refractivity contribution in [3.63, 3.8) is 0 Å². The van der Waals surface area contributed by atoms with Crippen molar-refractivity contribution in [3.05, 3.63) is 173 Å². The van der Waals surface area contributed by atoms with Gasteiger partial charge in [-0.3, -0.25) is 4.98 Å². The van der Waals surface area contributed by atoms with Gasteiger partial charge in [-0.2, -0.15) is 5.26 Å². The summed E-state index contributed by atoms with van der Waals surface area (Å²) in [6, 6.07) is 46.9. The van der Waals surface area contributed by atoms with E-state index in [0.29, 0.717) is 16.9 Å². The summed E-state index contributed by atoms with van der Waals surface area (Å²) in [5, 5.41) is 9.25. The van der Waals surface area contributed by atoms with Crippen molar-refractivity contribution in [2.24, 2.45) is 0 Å². The highest BCUT2D eigenvalue weighted by molar-refractivity contribution is 5.95. The van der Waals surface area contributed by atoms with Crippen LogP contribution in [0.4, 0.5) is 22.7 Å².